The van der Waals surface area contributed by atoms with Crippen molar-refractivity contribution in [2.45, 2.75) is 26.1 Å². The standard InChI is InChI=1S/C7H12O2.C5H8O4/c1-3-5-6-9-7(8)4-2;1-2-5(8)9-3-4(6)7/h4H,2-3,5-6H2,1H3;2,4,6-7H,1,3H2. The lowest BCUT2D eigenvalue weighted by atomic mass is 10.4. The van der Waals surface area contributed by atoms with Crippen LogP contribution in [-0.4, -0.2) is 41.7 Å². The molecular weight excluding hydrogens is 240 g/mol. The Bertz CT molecular complexity index is 259. The lowest BCUT2D eigenvalue weighted by Crippen LogP contribution is -2.16. The van der Waals surface area contributed by atoms with Crippen LogP contribution in [0.5, 0.6) is 0 Å². The topological polar surface area (TPSA) is 93.1 Å². The number of hydrogen-bond acceptors (Lipinski definition) is 6. The fourth-order valence-electron chi connectivity index (χ4n) is 0.592. The predicted molar refractivity (Wildman–Crippen MR) is 65.4 cm³/mol. The van der Waals surface area contributed by atoms with Gasteiger partial charge >= 0.3 is 11.9 Å². The molecule has 0 saturated carbocycles. The highest BCUT2D eigenvalue weighted by Gasteiger charge is 1.99. The van der Waals surface area contributed by atoms with E-state index in [0.717, 1.165) is 18.9 Å². The summed E-state index contributed by atoms with van der Waals surface area (Å²) < 4.78 is 8.87. The normalized spacial score (nSPS) is 8.89. The highest BCUT2D eigenvalue weighted by atomic mass is 16.6. The van der Waals surface area contributed by atoms with Crippen molar-refractivity contribution in [3.63, 3.8) is 0 Å². The van der Waals surface area contributed by atoms with Gasteiger partial charge in [0.05, 0.1) is 6.61 Å². The first kappa shape index (κ1) is 18.7. The zero-order valence-electron chi connectivity index (χ0n) is 10.5. The van der Waals surface area contributed by atoms with Gasteiger partial charge in [-0.3, -0.25) is 0 Å². The lowest BCUT2D eigenvalue weighted by Gasteiger charge is -2.01. The predicted octanol–water partition coefficient (Wildman–Crippen LogP) is 0.542. The minimum Gasteiger partial charge on any atom is -0.463 e. The van der Waals surface area contributed by atoms with E-state index in [1.807, 2.05) is 6.92 Å². The van der Waals surface area contributed by atoms with Crippen molar-refractivity contribution in [1.29, 1.82) is 0 Å². The molecule has 0 fully saturated rings. The number of hydrogen-bond donors (Lipinski definition) is 2. The summed E-state index contributed by atoms with van der Waals surface area (Å²) in [5.74, 6) is -0.994. The monoisotopic (exact) mass is 260 g/mol. The van der Waals surface area contributed by atoms with Crippen LogP contribution >= 0.6 is 0 Å². The van der Waals surface area contributed by atoms with Crippen LogP contribution in [0.3, 0.4) is 0 Å². The highest BCUT2D eigenvalue weighted by molar-refractivity contribution is 5.81. The summed E-state index contributed by atoms with van der Waals surface area (Å²) in [6, 6.07) is 0. The Morgan fingerprint density at radius 1 is 1.17 bits per heavy atom. The molecule has 2 N–H and O–H groups in total. The molecule has 0 saturated heterocycles. The Morgan fingerprint density at radius 3 is 2.06 bits per heavy atom. The molecule has 0 aliphatic rings. The Labute approximate surface area is 107 Å². The summed E-state index contributed by atoms with van der Waals surface area (Å²) in [4.78, 5) is 20.5. The second kappa shape index (κ2) is 13.4. The maximum absolute atomic E-state index is 10.3. The zero-order valence-corrected chi connectivity index (χ0v) is 10.5. The maximum atomic E-state index is 10.3. The molecule has 0 bridgehead atoms. The Morgan fingerprint density at radius 2 is 1.67 bits per heavy atom. The molecule has 0 radical (unpaired) electrons. The Kier molecular flexibility index (Phi) is 13.9. The first-order valence-electron chi connectivity index (χ1n) is 5.42. The molecule has 0 amide bonds. The van der Waals surface area contributed by atoms with Crippen LogP contribution in [0.15, 0.2) is 25.3 Å². The van der Waals surface area contributed by atoms with Gasteiger partial charge in [-0.2, -0.15) is 0 Å². The third-order valence-corrected chi connectivity index (χ3v) is 1.45. The summed E-state index contributed by atoms with van der Waals surface area (Å²) in [7, 11) is 0. The minimum atomic E-state index is -1.60. The van der Waals surface area contributed by atoms with Crippen molar-refractivity contribution < 1.29 is 29.3 Å². The number of aliphatic hydroxyl groups is 2. The van der Waals surface area contributed by atoms with E-state index in [4.69, 9.17) is 10.2 Å². The molecule has 0 aliphatic heterocycles. The zero-order chi connectivity index (χ0) is 14.4. The average molecular weight is 260 g/mol. The van der Waals surface area contributed by atoms with E-state index in [1.165, 1.54) is 6.08 Å². The van der Waals surface area contributed by atoms with E-state index in [0.29, 0.717) is 6.61 Å². The van der Waals surface area contributed by atoms with Gasteiger partial charge in [-0.25, -0.2) is 9.59 Å². The van der Waals surface area contributed by atoms with Crippen molar-refractivity contribution in [3.8, 4) is 0 Å². The van der Waals surface area contributed by atoms with E-state index >= 15 is 0 Å². The molecule has 0 atom stereocenters. The van der Waals surface area contributed by atoms with Gasteiger partial charge in [-0.15, -0.1) is 0 Å². The van der Waals surface area contributed by atoms with E-state index in [-0.39, 0.29) is 5.97 Å². The summed E-state index contributed by atoms with van der Waals surface area (Å²) in [5.41, 5.74) is 0. The summed E-state index contributed by atoms with van der Waals surface area (Å²) >= 11 is 0. The quantitative estimate of drug-likeness (QED) is 0.300. The molecule has 0 aromatic heterocycles. The number of esters is 2. The van der Waals surface area contributed by atoms with Crippen LogP contribution in [0.4, 0.5) is 0 Å². The van der Waals surface area contributed by atoms with Crippen LogP contribution in [0, 0.1) is 0 Å². The summed E-state index contributed by atoms with van der Waals surface area (Å²) in [6.07, 6.45) is 2.50. The van der Waals surface area contributed by atoms with Gasteiger partial charge in [0.25, 0.3) is 0 Å². The third-order valence-electron chi connectivity index (χ3n) is 1.45. The van der Waals surface area contributed by atoms with E-state index < -0.39 is 18.9 Å². The van der Waals surface area contributed by atoms with E-state index in [1.54, 1.807) is 0 Å². The summed E-state index contributed by atoms with van der Waals surface area (Å²) in [5, 5.41) is 16.3. The molecule has 0 aliphatic carbocycles. The fourth-order valence-corrected chi connectivity index (χ4v) is 0.592. The molecule has 0 aromatic carbocycles. The highest BCUT2D eigenvalue weighted by Crippen LogP contribution is 1.88. The van der Waals surface area contributed by atoms with Crippen molar-refractivity contribution in [3.05, 3.63) is 25.3 Å². The van der Waals surface area contributed by atoms with Crippen LogP contribution in [-0.2, 0) is 19.1 Å². The molecule has 0 heterocycles. The second-order valence-corrected chi connectivity index (χ2v) is 3.04. The van der Waals surface area contributed by atoms with Gasteiger partial charge in [0.1, 0.15) is 6.61 Å². The maximum Gasteiger partial charge on any atom is 0.330 e. The Balaban J connectivity index is 0. The molecule has 6 nitrogen and oxygen atoms in total. The molecular formula is C12H20O6. The fraction of sp³-hybridized carbons (Fsp3) is 0.500. The van der Waals surface area contributed by atoms with Crippen LogP contribution < -0.4 is 0 Å². The van der Waals surface area contributed by atoms with Crippen molar-refractivity contribution in [2.75, 3.05) is 13.2 Å². The Hall–Kier alpha value is -1.66. The van der Waals surface area contributed by atoms with Gasteiger partial charge in [-0.1, -0.05) is 26.5 Å². The number of carbonyl (C=O) groups excluding carboxylic acids is 2. The smallest absolute Gasteiger partial charge is 0.330 e. The van der Waals surface area contributed by atoms with Gasteiger partial charge in [0.2, 0.25) is 0 Å². The number of aliphatic hydroxyl groups excluding tert-OH is 1. The number of carbonyl (C=O) groups is 2. The SMILES string of the molecule is C=CC(=O)OCC(O)O.C=CC(=O)OCCCC. The summed E-state index contributed by atoms with van der Waals surface area (Å²) in [6.45, 7) is 8.51. The average Bonchev–Trinajstić information content (AvgIpc) is 2.36. The third kappa shape index (κ3) is 16.8. The van der Waals surface area contributed by atoms with Crippen molar-refractivity contribution in [2.24, 2.45) is 0 Å². The first-order chi connectivity index (χ1) is 8.47. The molecule has 104 valence electrons. The molecule has 0 unspecified atom stereocenters. The number of ether oxygens (including phenoxy) is 2. The van der Waals surface area contributed by atoms with Gasteiger partial charge in [0.15, 0.2) is 6.29 Å². The number of unbranched alkanes of at least 4 members (excludes halogenated alkanes) is 1. The van der Waals surface area contributed by atoms with Crippen molar-refractivity contribution >= 4 is 11.9 Å². The molecule has 0 aromatic rings. The molecule has 18 heavy (non-hydrogen) atoms. The molecule has 6 heteroatoms. The van der Waals surface area contributed by atoms with Gasteiger partial charge in [-0.05, 0) is 6.42 Å². The first-order valence-corrected chi connectivity index (χ1v) is 5.42. The largest absolute Gasteiger partial charge is 0.463 e. The second-order valence-electron chi connectivity index (χ2n) is 3.04. The van der Waals surface area contributed by atoms with Crippen LogP contribution in [0.25, 0.3) is 0 Å². The van der Waals surface area contributed by atoms with E-state index in [9.17, 15) is 9.59 Å². The van der Waals surface area contributed by atoms with E-state index in [2.05, 4.69) is 22.6 Å². The minimum absolute atomic E-state index is 0.330. The molecule has 0 rings (SSSR count). The molecule has 0 spiro atoms. The van der Waals surface area contributed by atoms with Gasteiger partial charge < -0.3 is 19.7 Å². The van der Waals surface area contributed by atoms with Crippen LogP contribution in [0.1, 0.15) is 19.8 Å². The number of rotatable bonds is 7. The van der Waals surface area contributed by atoms with Crippen molar-refractivity contribution in [1.82, 2.24) is 0 Å². The van der Waals surface area contributed by atoms with Gasteiger partial charge in [0, 0.05) is 12.2 Å². The lowest BCUT2D eigenvalue weighted by molar-refractivity contribution is -0.150. The van der Waals surface area contributed by atoms with Crippen LogP contribution in [0.2, 0.25) is 0 Å².